The molecule has 1 rings (SSSR count). The number of hydrogen-bond donors (Lipinski definition) is 2. The molecule has 0 fully saturated rings. The summed E-state index contributed by atoms with van der Waals surface area (Å²) in [5, 5.41) is 1.05. The van der Waals surface area contributed by atoms with Gasteiger partial charge in [-0.1, -0.05) is 27.2 Å². The molecular weight excluding hydrogens is 258 g/mol. The normalized spacial score (nSPS) is 11.0. The predicted molar refractivity (Wildman–Crippen MR) is 82.3 cm³/mol. The molecule has 0 aliphatic carbocycles. The van der Waals surface area contributed by atoms with Crippen molar-refractivity contribution in [3.05, 3.63) is 11.9 Å². The number of anilines is 1. The lowest BCUT2D eigenvalue weighted by Crippen LogP contribution is -2.25. The summed E-state index contributed by atoms with van der Waals surface area (Å²) in [6.07, 6.45) is 3.59. The number of thioether (sulfide) groups is 1. The highest BCUT2D eigenvalue weighted by Gasteiger charge is 2.10. The zero-order valence-corrected chi connectivity index (χ0v) is 13.0. The van der Waals surface area contributed by atoms with Gasteiger partial charge in [0.15, 0.2) is 0 Å². The second-order valence-corrected chi connectivity index (χ2v) is 5.36. The Labute approximate surface area is 120 Å². The molecule has 1 aromatic heterocycles. The molecule has 0 aliphatic heterocycles. The summed E-state index contributed by atoms with van der Waals surface area (Å²) in [5.41, 5.74) is 3.80. The number of nitrogens with zero attached hydrogens (tertiary/aromatic N) is 3. The first-order valence-corrected chi connectivity index (χ1v) is 7.90. The SMILES string of the molecule is CCCc1c(NN)ncnc1SCCN(CC)CC. The maximum Gasteiger partial charge on any atom is 0.147 e. The summed E-state index contributed by atoms with van der Waals surface area (Å²) in [5.74, 6) is 7.31. The second kappa shape index (κ2) is 9.12. The van der Waals surface area contributed by atoms with Crippen LogP contribution in [0, 0.1) is 0 Å². The van der Waals surface area contributed by atoms with Gasteiger partial charge in [0, 0.05) is 17.9 Å². The van der Waals surface area contributed by atoms with Gasteiger partial charge in [0.25, 0.3) is 0 Å². The van der Waals surface area contributed by atoms with Gasteiger partial charge in [-0.3, -0.25) is 0 Å². The van der Waals surface area contributed by atoms with Crippen molar-refractivity contribution in [2.45, 2.75) is 38.6 Å². The van der Waals surface area contributed by atoms with Gasteiger partial charge < -0.3 is 10.3 Å². The van der Waals surface area contributed by atoms with E-state index in [0.29, 0.717) is 0 Å². The Morgan fingerprint density at radius 3 is 2.58 bits per heavy atom. The van der Waals surface area contributed by atoms with Crippen molar-refractivity contribution < 1.29 is 0 Å². The van der Waals surface area contributed by atoms with E-state index in [0.717, 1.165) is 54.6 Å². The highest BCUT2D eigenvalue weighted by Crippen LogP contribution is 2.25. The third-order valence-electron chi connectivity index (χ3n) is 3.08. The fraction of sp³-hybridized carbons (Fsp3) is 0.692. The Morgan fingerprint density at radius 1 is 1.26 bits per heavy atom. The molecule has 0 atom stereocenters. The van der Waals surface area contributed by atoms with Gasteiger partial charge in [-0.25, -0.2) is 15.8 Å². The van der Waals surface area contributed by atoms with Crippen molar-refractivity contribution >= 4 is 17.6 Å². The molecule has 0 unspecified atom stereocenters. The summed E-state index contributed by atoms with van der Waals surface area (Å²) < 4.78 is 0. The Kier molecular flexibility index (Phi) is 7.78. The molecule has 0 amide bonds. The third kappa shape index (κ3) is 4.97. The zero-order valence-electron chi connectivity index (χ0n) is 12.1. The molecule has 0 bridgehead atoms. The lowest BCUT2D eigenvalue weighted by Gasteiger charge is -2.18. The van der Waals surface area contributed by atoms with Gasteiger partial charge in [0.05, 0.1) is 0 Å². The third-order valence-corrected chi connectivity index (χ3v) is 4.10. The van der Waals surface area contributed by atoms with Crippen molar-refractivity contribution in [3.63, 3.8) is 0 Å². The minimum absolute atomic E-state index is 0.752. The van der Waals surface area contributed by atoms with Crippen LogP contribution in [0.2, 0.25) is 0 Å². The lowest BCUT2D eigenvalue weighted by atomic mass is 10.2. The first-order valence-electron chi connectivity index (χ1n) is 6.92. The molecule has 0 saturated heterocycles. The van der Waals surface area contributed by atoms with E-state index < -0.39 is 0 Å². The number of aromatic nitrogens is 2. The minimum atomic E-state index is 0.752. The molecule has 1 heterocycles. The van der Waals surface area contributed by atoms with Crippen LogP contribution in [0.1, 0.15) is 32.8 Å². The van der Waals surface area contributed by atoms with Crippen LogP contribution in [0.4, 0.5) is 5.82 Å². The number of hydrogen-bond acceptors (Lipinski definition) is 6. The van der Waals surface area contributed by atoms with Crippen LogP contribution in [-0.4, -0.2) is 40.3 Å². The Morgan fingerprint density at radius 2 is 2.00 bits per heavy atom. The van der Waals surface area contributed by atoms with Gasteiger partial charge in [-0.05, 0) is 19.5 Å². The van der Waals surface area contributed by atoms with Crippen LogP contribution in [0.3, 0.4) is 0 Å². The summed E-state index contributed by atoms with van der Waals surface area (Å²) in [7, 11) is 0. The van der Waals surface area contributed by atoms with Crippen LogP contribution in [0.25, 0.3) is 0 Å². The molecule has 1 aromatic rings. The van der Waals surface area contributed by atoms with Crippen molar-refractivity contribution in [1.82, 2.24) is 14.9 Å². The molecule has 19 heavy (non-hydrogen) atoms. The second-order valence-electron chi connectivity index (χ2n) is 4.28. The standard InChI is InChI=1S/C13H25N5S/c1-4-7-11-12(17-14)15-10-16-13(11)19-9-8-18(5-2)6-3/h10H,4-9,14H2,1-3H3,(H,15,16,17). The average molecular weight is 283 g/mol. The molecule has 3 N–H and O–H groups in total. The van der Waals surface area contributed by atoms with Crippen LogP contribution in [0.5, 0.6) is 0 Å². The summed E-state index contributed by atoms with van der Waals surface area (Å²) in [6, 6.07) is 0. The van der Waals surface area contributed by atoms with Gasteiger partial charge in [-0.2, -0.15) is 0 Å². The number of nitrogens with two attached hydrogens (primary N) is 1. The van der Waals surface area contributed by atoms with E-state index >= 15 is 0 Å². The molecule has 0 aliphatic rings. The summed E-state index contributed by atoms with van der Waals surface area (Å²) in [6.45, 7) is 9.81. The monoisotopic (exact) mass is 283 g/mol. The minimum Gasteiger partial charge on any atom is -0.308 e. The molecule has 0 radical (unpaired) electrons. The van der Waals surface area contributed by atoms with Crippen LogP contribution in [-0.2, 0) is 6.42 Å². The topological polar surface area (TPSA) is 67.1 Å². The van der Waals surface area contributed by atoms with E-state index in [1.165, 1.54) is 0 Å². The van der Waals surface area contributed by atoms with E-state index in [1.807, 2.05) is 0 Å². The summed E-state index contributed by atoms with van der Waals surface area (Å²) in [4.78, 5) is 11.0. The molecule has 6 heteroatoms. The molecular formula is C13H25N5S. The predicted octanol–water partition coefficient (Wildman–Crippen LogP) is 2.15. The fourth-order valence-electron chi connectivity index (χ4n) is 1.93. The van der Waals surface area contributed by atoms with Gasteiger partial charge in [-0.15, -0.1) is 11.8 Å². The van der Waals surface area contributed by atoms with Crippen LogP contribution in [0.15, 0.2) is 11.4 Å². The molecule has 108 valence electrons. The van der Waals surface area contributed by atoms with Crippen LogP contribution >= 0.6 is 11.8 Å². The Balaban J connectivity index is 2.66. The van der Waals surface area contributed by atoms with E-state index in [2.05, 4.69) is 41.1 Å². The molecule has 0 spiro atoms. The fourth-order valence-corrected chi connectivity index (χ4v) is 2.97. The summed E-state index contributed by atoms with van der Waals surface area (Å²) >= 11 is 1.79. The largest absolute Gasteiger partial charge is 0.308 e. The maximum absolute atomic E-state index is 5.51. The van der Waals surface area contributed by atoms with Crippen LogP contribution < -0.4 is 11.3 Å². The smallest absolute Gasteiger partial charge is 0.147 e. The Bertz CT molecular complexity index is 368. The molecule has 5 nitrogen and oxygen atoms in total. The number of nitrogen functional groups attached to an aromatic ring is 1. The van der Waals surface area contributed by atoms with Gasteiger partial charge in [0.1, 0.15) is 17.2 Å². The van der Waals surface area contributed by atoms with Gasteiger partial charge >= 0.3 is 0 Å². The van der Waals surface area contributed by atoms with Crippen molar-refractivity contribution in [2.24, 2.45) is 5.84 Å². The Hall–Kier alpha value is -0.850. The van der Waals surface area contributed by atoms with Crippen molar-refractivity contribution in [3.8, 4) is 0 Å². The molecule has 0 aromatic carbocycles. The van der Waals surface area contributed by atoms with E-state index in [1.54, 1.807) is 18.1 Å². The first kappa shape index (κ1) is 16.2. The van der Waals surface area contributed by atoms with Crippen molar-refractivity contribution in [1.29, 1.82) is 0 Å². The number of nitrogens with one attached hydrogen (secondary N) is 1. The quantitative estimate of drug-likeness (QED) is 0.313. The zero-order chi connectivity index (χ0) is 14.1. The van der Waals surface area contributed by atoms with Crippen molar-refractivity contribution in [2.75, 3.05) is 30.8 Å². The number of hydrazine groups is 1. The van der Waals surface area contributed by atoms with E-state index in [-0.39, 0.29) is 0 Å². The van der Waals surface area contributed by atoms with Gasteiger partial charge in [0.2, 0.25) is 0 Å². The lowest BCUT2D eigenvalue weighted by molar-refractivity contribution is 0.324. The average Bonchev–Trinajstić information content (AvgIpc) is 2.45. The highest BCUT2D eigenvalue weighted by molar-refractivity contribution is 7.99. The maximum atomic E-state index is 5.51. The highest BCUT2D eigenvalue weighted by atomic mass is 32.2. The van der Waals surface area contributed by atoms with E-state index in [9.17, 15) is 0 Å². The first-order chi connectivity index (χ1) is 9.26. The van der Waals surface area contributed by atoms with E-state index in [4.69, 9.17) is 5.84 Å². The number of rotatable bonds is 9. The molecule has 0 saturated carbocycles.